The number of nitrogens with two attached hydrogens (primary N) is 1. The Balaban J connectivity index is 2.53. The number of aromatic nitrogens is 2. The van der Waals surface area contributed by atoms with E-state index in [-0.39, 0.29) is 11.5 Å². The fourth-order valence-corrected chi connectivity index (χ4v) is 1.34. The van der Waals surface area contributed by atoms with E-state index in [1.807, 2.05) is 0 Å². The van der Waals surface area contributed by atoms with Gasteiger partial charge in [0.25, 0.3) is 0 Å². The summed E-state index contributed by atoms with van der Waals surface area (Å²) in [7, 11) is 0. The van der Waals surface area contributed by atoms with Crippen molar-refractivity contribution < 1.29 is 0 Å². The van der Waals surface area contributed by atoms with Crippen LogP contribution in [-0.2, 0) is 6.42 Å². The van der Waals surface area contributed by atoms with Crippen LogP contribution in [0.5, 0.6) is 0 Å². The lowest BCUT2D eigenvalue weighted by molar-refractivity contribution is 0.318. The van der Waals surface area contributed by atoms with Crippen LogP contribution in [0.25, 0.3) is 0 Å². The molecule has 0 saturated heterocycles. The van der Waals surface area contributed by atoms with Crippen LogP contribution >= 0.6 is 11.5 Å². The van der Waals surface area contributed by atoms with Crippen molar-refractivity contribution in [1.82, 2.24) is 9.36 Å². The molecule has 0 saturated carbocycles. The molecule has 2 N–H and O–H groups in total. The van der Waals surface area contributed by atoms with E-state index in [9.17, 15) is 0 Å². The summed E-state index contributed by atoms with van der Waals surface area (Å²) in [6.45, 7) is 6.41. The molecule has 12 heavy (non-hydrogen) atoms. The minimum absolute atomic E-state index is 0.145. The fourth-order valence-electron chi connectivity index (χ4n) is 0.780. The summed E-state index contributed by atoms with van der Waals surface area (Å²) in [6.07, 6.45) is 2.41. The number of rotatable bonds is 2. The van der Waals surface area contributed by atoms with Gasteiger partial charge in [-0.1, -0.05) is 20.8 Å². The van der Waals surface area contributed by atoms with E-state index in [1.54, 1.807) is 6.33 Å². The van der Waals surface area contributed by atoms with Gasteiger partial charge in [0.15, 0.2) is 0 Å². The van der Waals surface area contributed by atoms with Gasteiger partial charge in [-0.15, -0.1) is 0 Å². The average Bonchev–Trinajstić information content (AvgIpc) is 2.37. The van der Waals surface area contributed by atoms with Gasteiger partial charge in [-0.2, -0.15) is 4.37 Å². The van der Waals surface area contributed by atoms with Crippen LogP contribution < -0.4 is 5.73 Å². The maximum absolute atomic E-state index is 5.98. The molecule has 0 spiro atoms. The molecule has 1 atom stereocenters. The Kier molecular flexibility index (Phi) is 2.80. The number of hydrogen-bond acceptors (Lipinski definition) is 4. The highest BCUT2D eigenvalue weighted by molar-refractivity contribution is 7.05. The quantitative estimate of drug-likeness (QED) is 0.758. The van der Waals surface area contributed by atoms with Crippen LogP contribution in [0.4, 0.5) is 0 Å². The van der Waals surface area contributed by atoms with Crippen LogP contribution in [0.15, 0.2) is 6.33 Å². The molecule has 1 aromatic heterocycles. The lowest BCUT2D eigenvalue weighted by Crippen LogP contribution is -2.36. The second kappa shape index (κ2) is 3.49. The van der Waals surface area contributed by atoms with Gasteiger partial charge in [0.2, 0.25) is 0 Å². The van der Waals surface area contributed by atoms with Crippen molar-refractivity contribution in [2.75, 3.05) is 0 Å². The molecule has 0 radical (unpaired) electrons. The molecule has 0 aliphatic rings. The summed E-state index contributed by atoms with van der Waals surface area (Å²) in [5.74, 6) is 0. The molecule has 0 aromatic carbocycles. The number of hydrogen-bond donors (Lipinski definition) is 1. The average molecular weight is 185 g/mol. The second-order valence-electron chi connectivity index (χ2n) is 4.01. The molecule has 0 amide bonds. The normalized spacial score (nSPS) is 14.7. The van der Waals surface area contributed by atoms with Gasteiger partial charge in [-0.05, 0) is 16.9 Å². The van der Waals surface area contributed by atoms with Crippen molar-refractivity contribution in [3.05, 3.63) is 11.3 Å². The van der Waals surface area contributed by atoms with E-state index >= 15 is 0 Å². The summed E-state index contributed by atoms with van der Waals surface area (Å²) in [5, 5.41) is 1.03. The van der Waals surface area contributed by atoms with Crippen molar-refractivity contribution in [2.45, 2.75) is 33.2 Å². The lowest BCUT2D eigenvalue weighted by Gasteiger charge is -2.25. The maximum Gasteiger partial charge on any atom is 0.129 e. The van der Waals surface area contributed by atoms with Gasteiger partial charge < -0.3 is 5.73 Å². The Labute approximate surface area is 77.2 Å². The number of nitrogens with zero attached hydrogens (tertiary/aromatic N) is 2. The van der Waals surface area contributed by atoms with Crippen molar-refractivity contribution in [2.24, 2.45) is 11.1 Å². The first kappa shape index (κ1) is 9.61. The largest absolute Gasteiger partial charge is 0.327 e. The van der Waals surface area contributed by atoms with Gasteiger partial charge in [0.1, 0.15) is 11.3 Å². The van der Waals surface area contributed by atoms with E-state index in [4.69, 9.17) is 5.73 Å². The summed E-state index contributed by atoms with van der Waals surface area (Å²) in [5.41, 5.74) is 6.13. The molecule has 1 rings (SSSR count). The lowest BCUT2D eigenvalue weighted by atomic mass is 9.86. The third-order valence-corrected chi connectivity index (χ3v) is 2.60. The maximum atomic E-state index is 5.98. The van der Waals surface area contributed by atoms with Crippen LogP contribution in [0.2, 0.25) is 0 Å². The molecule has 1 aromatic rings. The topological polar surface area (TPSA) is 51.8 Å². The second-order valence-corrected chi connectivity index (χ2v) is 4.88. The highest BCUT2D eigenvalue weighted by atomic mass is 32.1. The van der Waals surface area contributed by atoms with E-state index in [2.05, 4.69) is 30.1 Å². The zero-order valence-electron chi connectivity index (χ0n) is 7.74. The standard InChI is InChI=1S/C8H15N3S/c1-8(2,3)6(9)4-7-10-5-11-12-7/h5-6H,4,9H2,1-3H3. The van der Waals surface area contributed by atoms with E-state index in [0.717, 1.165) is 11.4 Å². The van der Waals surface area contributed by atoms with E-state index < -0.39 is 0 Å². The molecular weight excluding hydrogens is 170 g/mol. The van der Waals surface area contributed by atoms with Gasteiger partial charge in [-0.3, -0.25) is 0 Å². The molecular formula is C8H15N3S. The minimum atomic E-state index is 0.145. The summed E-state index contributed by atoms with van der Waals surface area (Å²) in [4.78, 5) is 4.10. The van der Waals surface area contributed by atoms with Gasteiger partial charge >= 0.3 is 0 Å². The molecule has 1 heterocycles. The zero-order valence-corrected chi connectivity index (χ0v) is 8.56. The summed E-state index contributed by atoms with van der Waals surface area (Å²) < 4.78 is 3.93. The Morgan fingerprint density at radius 2 is 2.25 bits per heavy atom. The Bertz CT molecular complexity index is 225. The first-order valence-electron chi connectivity index (χ1n) is 4.01. The Morgan fingerprint density at radius 3 is 2.67 bits per heavy atom. The first-order chi connectivity index (χ1) is 5.50. The Morgan fingerprint density at radius 1 is 1.58 bits per heavy atom. The van der Waals surface area contributed by atoms with Crippen LogP contribution in [0.3, 0.4) is 0 Å². The Hall–Kier alpha value is -0.480. The molecule has 1 unspecified atom stereocenters. The first-order valence-corrected chi connectivity index (χ1v) is 4.78. The SMILES string of the molecule is CC(C)(C)C(N)Cc1ncns1. The third-order valence-electron chi connectivity index (χ3n) is 1.91. The third kappa shape index (κ3) is 2.53. The smallest absolute Gasteiger partial charge is 0.129 e. The van der Waals surface area contributed by atoms with Crippen molar-refractivity contribution >= 4 is 11.5 Å². The van der Waals surface area contributed by atoms with E-state index in [0.29, 0.717) is 0 Å². The highest BCUT2D eigenvalue weighted by Crippen LogP contribution is 2.20. The summed E-state index contributed by atoms with van der Waals surface area (Å²) in [6, 6.07) is 0.158. The highest BCUT2D eigenvalue weighted by Gasteiger charge is 2.21. The van der Waals surface area contributed by atoms with Crippen LogP contribution in [0, 0.1) is 5.41 Å². The predicted octanol–water partition coefficient (Wildman–Crippen LogP) is 1.45. The summed E-state index contributed by atoms with van der Waals surface area (Å²) >= 11 is 1.43. The van der Waals surface area contributed by atoms with Gasteiger partial charge in [0, 0.05) is 12.5 Å². The van der Waals surface area contributed by atoms with Crippen molar-refractivity contribution in [3.8, 4) is 0 Å². The minimum Gasteiger partial charge on any atom is -0.327 e. The zero-order chi connectivity index (χ0) is 9.19. The molecule has 0 aliphatic carbocycles. The molecule has 68 valence electrons. The molecule has 0 aliphatic heterocycles. The fraction of sp³-hybridized carbons (Fsp3) is 0.750. The monoisotopic (exact) mass is 185 g/mol. The van der Waals surface area contributed by atoms with Crippen LogP contribution in [0.1, 0.15) is 25.8 Å². The van der Waals surface area contributed by atoms with Crippen LogP contribution in [-0.4, -0.2) is 15.4 Å². The molecule has 3 nitrogen and oxygen atoms in total. The van der Waals surface area contributed by atoms with Gasteiger partial charge in [-0.25, -0.2) is 4.98 Å². The van der Waals surface area contributed by atoms with Gasteiger partial charge in [0.05, 0.1) is 0 Å². The molecule has 4 heteroatoms. The molecule has 0 fully saturated rings. The predicted molar refractivity (Wildman–Crippen MR) is 51.0 cm³/mol. The van der Waals surface area contributed by atoms with E-state index in [1.165, 1.54) is 11.5 Å². The van der Waals surface area contributed by atoms with Crippen molar-refractivity contribution in [1.29, 1.82) is 0 Å². The van der Waals surface area contributed by atoms with Crippen molar-refractivity contribution in [3.63, 3.8) is 0 Å². The molecule has 0 bridgehead atoms.